The molecule has 0 radical (unpaired) electrons. The molecule has 2 aromatic carbocycles. The molecule has 0 fully saturated rings. The third-order valence-electron chi connectivity index (χ3n) is 5.03. The van der Waals surface area contributed by atoms with Gasteiger partial charge in [0.1, 0.15) is 21.5 Å². The number of H-pyrrole nitrogens is 1. The number of carbonyl (C=O) groups is 2. The predicted octanol–water partition coefficient (Wildman–Crippen LogP) is 0.856. The molecule has 3 rings (SSSR count). The van der Waals surface area contributed by atoms with Crippen LogP contribution in [-0.2, 0) is 29.8 Å². The van der Waals surface area contributed by atoms with Crippen molar-refractivity contribution in [3.05, 3.63) is 81.7 Å². The minimum absolute atomic E-state index is 0.0927. The molecule has 3 aromatic rings. The van der Waals surface area contributed by atoms with E-state index in [4.69, 9.17) is 4.74 Å². The molecule has 38 heavy (non-hydrogen) atoms. The number of para-hydroxylation sites is 1. The zero-order chi connectivity index (χ0) is 28.1. The zero-order valence-corrected chi connectivity index (χ0v) is 21.4. The van der Waals surface area contributed by atoms with E-state index in [9.17, 15) is 40.3 Å². The Kier molecular flexibility index (Phi) is 8.67. The molecule has 202 valence electrons. The maximum absolute atomic E-state index is 13.3. The third-order valence-corrected chi connectivity index (χ3v) is 6.58. The van der Waals surface area contributed by atoms with Crippen LogP contribution in [0.25, 0.3) is 11.8 Å². The molecule has 0 bridgehead atoms. The Hall–Kier alpha value is -4.05. The Labute approximate surface area is 217 Å². The standard InChI is InChI=1S/C23H23N3O10S2/c1-2-36-23(29)18(20(27)15-8-10-17(11-9-15)38(33,34)35)14-19-21(24-12-13-37(30,31)32)25-26(22(19)28)16-6-4-3-5-7-16/h3-11,14,24-25H,2,12-13H2,1H3,(H,30,31,32)(H,33,34,35)/p-2/b18-14-. The first-order valence-corrected chi connectivity index (χ1v) is 13.9. The summed E-state index contributed by atoms with van der Waals surface area (Å²) in [5.41, 5.74) is -1.41. The number of hydrogen-bond donors (Lipinski definition) is 2. The summed E-state index contributed by atoms with van der Waals surface area (Å²) in [5, 5.41) is 5.33. The number of rotatable bonds is 11. The normalized spacial score (nSPS) is 12.2. The number of nitrogens with one attached hydrogen (secondary N) is 2. The van der Waals surface area contributed by atoms with E-state index in [1.807, 2.05) is 0 Å². The van der Waals surface area contributed by atoms with Crippen molar-refractivity contribution in [3.63, 3.8) is 0 Å². The van der Waals surface area contributed by atoms with Gasteiger partial charge in [-0.3, -0.25) is 14.7 Å². The average molecular weight is 564 g/mol. The molecule has 13 nitrogen and oxygen atoms in total. The van der Waals surface area contributed by atoms with Gasteiger partial charge < -0.3 is 19.2 Å². The molecule has 2 N–H and O–H groups in total. The largest absolute Gasteiger partial charge is 0.748 e. The monoisotopic (exact) mass is 563 g/mol. The Bertz CT molecular complexity index is 1640. The fourth-order valence-corrected chi connectivity index (χ4v) is 4.10. The molecular weight excluding hydrogens is 542 g/mol. The average Bonchev–Trinajstić information content (AvgIpc) is 3.16. The Morgan fingerprint density at radius 3 is 2.21 bits per heavy atom. The topological polar surface area (TPSA) is 208 Å². The number of ketones is 1. The first-order chi connectivity index (χ1) is 17.8. The number of ether oxygens (including phenoxy) is 1. The van der Waals surface area contributed by atoms with E-state index in [1.165, 1.54) is 6.92 Å². The van der Waals surface area contributed by atoms with Gasteiger partial charge in [-0.1, -0.05) is 18.2 Å². The van der Waals surface area contributed by atoms with Crippen LogP contribution in [0.3, 0.4) is 0 Å². The highest BCUT2D eigenvalue weighted by atomic mass is 32.2. The molecule has 0 unspecified atom stereocenters. The maximum atomic E-state index is 13.3. The first-order valence-electron chi connectivity index (χ1n) is 10.9. The molecule has 0 spiro atoms. The van der Waals surface area contributed by atoms with Gasteiger partial charge in [0.05, 0.1) is 38.6 Å². The van der Waals surface area contributed by atoms with Crippen molar-refractivity contribution in [1.29, 1.82) is 0 Å². The number of anilines is 1. The Morgan fingerprint density at radius 1 is 1.03 bits per heavy atom. The van der Waals surface area contributed by atoms with E-state index in [2.05, 4.69) is 10.4 Å². The lowest BCUT2D eigenvalue weighted by Gasteiger charge is -2.10. The minimum Gasteiger partial charge on any atom is -0.748 e. The SMILES string of the molecule is CCOC(=O)/C(=C\c1c(NCCS(=O)(=O)[O-])[nH]n(-c2ccccc2)c1=O)C(=O)c1ccc(S(=O)(=O)[O-])cc1. The van der Waals surface area contributed by atoms with Crippen molar-refractivity contribution in [1.82, 2.24) is 9.78 Å². The van der Waals surface area contributed by atoms with Crippen molar-refractivity contribution in [2.24, 2.45) is 0 Å². The lowest BCUT2D eigenvalue weighted by atomic mass is 10.0. The first kappa shape index (κ1) is 28.5. The van der Waals surface area contributed by atoms with Gasteiger partial charge in [-0.2, -0.15) is 0 Å². The van der Waals surface area contributed by atoms with Crippen LogP contribution in [0.15, 0.2) is 69.9 Å². The molecule has 0 aliphatic heterocycles. The van der Waals surface area contributed by atoms with Crippen molar-refractivity contribution in [2.45, 2.75) is 11.8 Å². The summed E-state index contributed by atoms with van der Waals surface area (Å²) < 4.78 is 72.7. The number of hydrogen-bond acceptors (Lipinski definition) is 11. The number of aromatic nitrogens is 2. The molecule has 0 aliphatic rings. The van der Waals surface area contributed by atoms with Crippen molar-refractivity contribution in [3.8, 4) is 5.69 Å². The van der Waals surface area contributed by atoms with Crippen LogP contribution in [0.5, 0.6) is 0 Å². The van der Waals surface area contributed by atoms with E-state index < -0.39 is 60.3 Å². The third kappa shape index (κ3) is 7.04. The van der Waals surface area contributed by atoms with Crippen LogP contribution >= 0.6 is 0 Å². The van der Waals surface area contributed by atoms with Crippen LogP contribution in [0, 0.1) is 0 Å². The van der Waals surface area contributed by atoms with Crippen LogP contribution in [-0.4, -0.2) is 66.4 Å². The summed E-state index contributed by atoms with van der Waals surface area (Å²) in [4.78, 5) is 38.6. The highest BCUT2D eigenvalue weighted by Crippen LogP contribution is 2.20. The maximum Gasteiger partial charge on any atom is 0.342 e. The highest BCUT2D eigenvalue weighted by molar-refractivity contribution is 7.86. The van der Waals surface area contributed by atoms with Crippen LogP contribution in [0.4, 0.5) is 5.82 Å². The summed E-state index contributed by atoms with van der Waals surface area (Å²) in [6, 6.07) is 12.0. The Balaban J connectivity index is 2.14. The van der Waals surface area contributed by atoms with Crippen LogP contribution < -0.4 is 10.9 Å². The van der Waals surface area contributed by atoms with Gasteiger partial charge in [0.15, 0.2) is 5.78 Å². The summed E-state index contributed by atoms with van der Waals surface area (Å²) in [6.45, 7) is 0.975. The number of carbonyl (C=O) groups excluding carboxylic acids is 2. The number of nitrogens with zero attached hydrogens (tertiary/aromatic N) is 1. The van der Waals surface area contributed by atoms with E-state index in [0.29, 0.717) is 5.69 Å². The van der Waals surface area contributed by atoms with E-state index in [-0.39, 0.29) is 23.6 Å². The molecule has 1 heterocycles. The summed E-state index contributed by atoms with van der Waals surface area (Å²) in [5.74, 6) is -2.95. The molecular formula is C23H21N3O10S2-2. The molecule has 0 atom stereocenters. The van der Waals surface area contributed by atoms with Gasteiger partial charge in [-0.15, -0.1) is 0 Å². The van der Waals surface area contributed by atoms with Crippen molar-refractivity contribution >= 4 is 43.9 Å². The fourth-order valence-electron chi connectivity index (χ4n) is 3.28. The van der Waals surface area contributed by atoms with Crippen molar-refractivity contribution in [2.75, 3.05) is 24.2 Å². The Morgan fingerprint density at radius 2 is 1.66 bits per heavy atom. The molecule has 0 saturated heterocycles. The van der Waals surface area contributed by atoms with Crippen LogP contribution in [0.2, 0.25) is 0 Å². The van der Waals surface area contributed by atoms with Gasteiger partial charge in [-0.05, 0) is 49.4 Å². The second-order valence-electron chi connectivity index (χ2n) is 7.65. The smallest absolute Gasteiger partial charge is 0.342 e. The van der Waals surface area contributed by atoms with Gasteiger partial charge in [0.2, 0.25) is 0 Å². The quantitative estimate of drug-likeness (QED) is 0.0834. The van der Waals surface area contributed by atoms with E-state index in [0.717, 1.165) is 35.0 Å². The molecule has 0 aliphatic carbocycles. The van der Waals surface area contributed by atoms with E-state index in [1.54, 1.807) is 30.3 Å². The summed E-state index contributed by atoms with van der Waals surface area (Å²) >= 11 is 0. The van der Waals surface area contributed by atoms with Crippen LogP contribution in [0.1, 0.15) is 22.8 Å². The molecule has 1 aromatic heterocycles. The van der Waals surface area contributed by atoms with E-state index >= 15 is 0 Å². The zero-order valence-electron chi connectivity index (χ0n) is 19.7. The number of benzene rings is 2. The molecule has 15 heteroatoms. The summed E-state index contributed by atoms with van der Waals surface area (Å²) in [6.07, 6.45) is 0.935. The molecule has 0 amide bonds. The molecule has 0 saturated carbocycles. The van der Waals surface area contributed by atoms with Gasteiger partial charge in [0.25, 0.3) is 5.56 Å². The van der Waals surface area contributed by atoms with Gasteiger partial charge in [0, 0.05) is 12.1 Å². The number of Topliss-reactive ketones (excluding diaryl/α,β-unsaturated/α-hetero) is 1. The summed E-state index contributed by atoms with van der Waals surface area (Å²) in [7, 11) is -9.37. The van der Waals surface area contributed by atoms with Crippen molar-refractivity contribution < 1.29 is 40.3 Å². The highest BCUT2D eigenvalue weighted by Gasteiger charge is 2.24. The lowest BCUT2D eigenvalue weighted by molar-refractivity contribution is -0.137. The number of esters is 1. The minimum atomic E-state index is -4.78. The number of aromatic amines is 1. The fraction of sp³-hybridized carbons (Fsp3) is 0.174. The second kappa shape index (κ2) is 11.6. The van der Waals surface area contributed by atoms with Gasteiger partial charge >= 0.3 is 5.97 Å². The lowest BCUT2D eigenvalue weighted by Crippen LogP contribution is -2.19. The second-order valence-corrected chi connectivity index (χ2v) is 10.6. The predicted molar refractivity (Wildman–Crippen MR) is 133 cm³/mol. The van der Waals surface area contributed by atoms with Gasteiger partial charge in [-0.25, -0.2) is 26.3 Å².